The monoisotopic (exact) mass is 224 g/mol. The average Bonchev–Trinajstić information content (AvgIpc) is 3.01. The minimum absolute atomic E-state index is 0.252. The second-order valence-corrected chi connectivity index (χ2v) is 4.18. The zero-order valence-electron chi connectivity index (χ0n) is 9.19. The van der Waals surface area contributed by atoms with Crippen LogP contribution in [0.3, 0.4) is 0 Å². The molecule has 3 heterocycles. The predicted octanol–water partition coefficient (Wildman–Crippen LogP) is 0.331. The Labute approximate surface area is 93.9 Å². The second-order valence-electron chi connectivity index (χ2n) is 4.18. The van der Waals surface area contributed by atoms with Gasteiger partial charge in [-0.15, -0.1) is 0 Å². The van der Waals surface area contributed by atoms with Crippen LogP contribution in [0, 0.1) is 0 Å². The van der Waals surface area contributed by atoms with Gasteiger partial charge in [-0.3, -0.25) is 0 Å². The van der Waals surface area contributed by atoms with E-state index in [-0.39, 0.29) is 6.04 Å². The van der Waals surface area contributed by atoms with Crippen LogP contribution in [0.15, 0.2) is 4.52 Å². The van der Waals surface area contributed by atoms with Crippen LogP contribution in [-0.2, 0) is 4.74 Å². The van der Waals surface area contributed by atoms with E-state index in [1.165, 1.54) is 6.42 Å². The van der Waals surface area contributed by atoms with Crippen molar-refractivity contribution in [1.82, 2.24) is 15.5 Å². The molecule has 6 nitrogen and oxygen atoms in total. The topological polar surface area (TPSA) is 63.4 Å². The molecule has 3 rings (SSSR count). The van der Waals surface area contributed by atoms with Crippen LogP contribution in [0.2, 0.25) is 0 Å². The van der Waals surface area contributed by atoms with E-state index in [2.05, 4.69) is 20.4 Å². The van der Waals surface area contributed by atoms with Crippen molar-refractivity contribution in [3.63, 3.8) is 0 Å². The lowest BCUT2D eigenvalue weighted by Crippen LogP contribution is -2.36. The molecule has 1 N–H and O–H groups in total. The Balaban J connectivity index is 1.71. The van der Waals surface area contributed by atoms with Crippen molar-refractivity contribution >= 4 is 5.95 Å². The molecule has 0 unspecified atom stereocenters. The van der Waals surface area contributed by atoms with Gasteiger partial charge in [0.2, 0.25) is 5.89 Å². The van der Waals surface area contributed by atoms with E-state index in [0.29, 0.717) is 5.95 Å². The standard InChI is InChI=1S/C10H16N4O2/c1-2-8(11-3-1)9-12-10(13-16-9)14-4-6-15-7-5-14/h8,11H,1-7H2/t8-/m0/s1. The number of ether oxygens (including phenoxy) is 1. The van der Waals surface area contributed by atoms with Crippen molar-refractivity contribution in [2.45, 2.75) is 18.9 Å². The van der Waals surface area contributed by atoms with Gasteiger partial charge in [-0.25, -0.2) is 0 Å². The molecule has 2 saturated heterocycles. The predicted molar refractivity (Wildman–Crippen MR) is 57.3 cm³/mol. The number of rotatable bonds is 2. The van der Waals surface area contributed by atoms with Crippen molar-refractivity contribution in [3.05, 3.63) is 5.89 Å². The van der Waals surface area contributed by atoms with Crippen molar-refractivity contribution in [2.75, 3.05) is 37.7 Å². The van der Waals surface area contributed by atoms with Gasteiger partial charge in [0.1, 0.15) is 0 Å². The smallest absolute Gasteiger partial charge is 0.266 e. The molecule has 2 aliphatic heterocycles. The summed E-state index contributed by atoms with van der Waals surface area (Å²) in [6.07, 6.45) is 2.27. The Kier molecular flexibility index (Phi) is 2.75. The average molecular weight is 224 g/mol. The molecule has 0 saturated carbocycles. The molecule has 2 fully saturated rings. The quantitative estimate of drug-likeness (QED) is 0.781. The summed E-state index contributed by atoms with van der Waals surface area (Å²) in [4.78, 5) is 6.55. The molecule has 0 amide bonds. The summed E-state index contributed by atoms with van der Waals surface area (Å²) in [5, 5.41) is 7.38. The molecule has 1 aromatic rings. The van der Waals surface area contributed by atoms with Gasteiger partial charge < -0.3 is 19.5 Å². The van der Waals surface area contributed by atoms with Gasteiger partial charge in [0.05, 0.1) is 19.3 Å². The second kappa shape index (κ2) is 4.39. The highest BCUT2D eigenvalue weighted by Crippen LogP contribution is 2.23. The Hall–Kier alpha value is -1.14. The third kappa shape index (κ3) is 1.90. The number of nitrogens with one attached hydrogen (secondary N) is 1. The molecule has 0 aromatic carbocycles. The summed E-state index contributed by atoms with van der Waals surface area (Å²) in [7, 11) is 0. The highest BCUT2D eigenvalue weighted by Gasteiger charge is 2.24. The van der Waals surface area contributed by atoms with Gasteiger partial charge >= 0.3 is 0 Å². The van der Waals surface area contributed by atoms with Crippen molar-refractivity contribution < 1.29 is 9.26 Å². The summed E-state index contributed by atoms with van der Waals surface area (Å²) >= 11 is 0. The zero-order valence-corrected chi connectivity index (χ0v) is 9.19. The maximum atomic E-state index is 5.30. The van der Waals surface area contributed by atoms with E-state index in [1.807, 2.05) is 0 Å². The van der Waals surface area contributed by atoms with E-state index >= 15 is 0 Å². The minimum atomic E-state index is 0.252. The van der Waals surface area contributed by atoms with E-state index in [0.717, 1.165) is 45.2 Å². The van der Waals surface area contributed by atoms with E-state index in [9.17, 15) is 0 Å². The SMILES string of the molecule is C1CN[C@H](c2nc(N3CCOCC3)no2)C1. The summed E-state index contributed by atoms with van der Waals surface area (Å²) in [6, 6.07) is 0.252. The zero-order chi connectivity index (χ0) is 10.8. The first kappa shape index (κ1) is 10.0. The highest BCUT2D eigenvalue weighted by molar-refractivity contribution is 5.28. The van der Waals surface area contributed by atoms with Gasteiger partial charge in [0.25, 0.3) is 5.95 Å². The summed E-state index contributed by atoms with van der Waals surface area (Å²) in [6.45, 7) is 4.21. The molecule has 1 aromatic heterocycles. The molecule has 6 heteroatoms. The van der Waals surface area contributed by atoms with E-state index in [1.54, 1.807) is 0 Å². The Bertz CT molecular complexity index is 342. The first-order valence-corrected chi connectivity index (χ1v) is 5.83. The number of morpholine rings is 1. The number of aromatic nitrogens is 2. The lowest BCUT2D eigenvalue weighted by molar-refractivity contribution is 0.121. The molecule has 2 aliphatic rings. The normalized spacial score (nSPS) is 26.2. The van der Waals surface area contributed by atoms with Crippen molar-refractivity contribution in [2.24, 2.45) is 0 Å². The van der Waals surface area contributed by atoms with Crippen LogP contribution in [0.25, 0.3) is 0 Å². The number of anilines is 1. The fraction of sp³-hybridized carbons (Fsp3) is 0.800. The van der Waals surface area contributed by atoms with Gasteiger partial charge in [0.15, 0.2) is 0 Å². The maximum absolute atomic E-state index is 5.30. The number of nitrogens with zero attached hydrogens (tertiary/aromatic N) is 3. The molecule has 16 heavy (non-hydrogen) atoms. The van der Waals surface area contributed by atoms with E-state index < -0.39 is 0 Å². The Morgan fingerprint density at radius 3 is 2.94 bits per heavy atom. The lowest BCUT2D eigenvalue weighted by atomic mass is 10.2. The van der Waals surface area contributed by atoms with Crippen LogP contribution in [0.5, 0.6) is 0 Å². The largest absolute Gasteiger partial charge is 0.378 e. The number of hydrogen-bond donors (Lipinski definition) is 1. The Morgan fingerprint density at radius 2 is 2.19 bits per heavy atom. The van der Waals surface area contributed by atoms with Gasteiger partial charge in [-0.2, -0.15) is 4.98 Å². The molecule has 1 atom stereocenters. The van der Waals surface area contributed by atoms with Crippen LogP contribution in [-0.4, -0.2) is 43.0 Å². The molecule has 0 spiro atoms. The van der Waals surface area contributed by atoms with Gasteiger partial charge in [0, 0.05) is 13.1 Å². The van der Waals surface area contributed by atoms with Crippen LogP contribution >= 0.6 is 0 Å². The Morgan fingerprint density at radius 1 is 1.31 bits per heavy atom. The highest BCUT2D eigenvalue weighted by atomic mass is 16.5. The van der Waals surface area contributed by atoms with Gasteiger partial charge in [-0.05, 0) is 24.5 Å². The first-order chi connectivity index (χ1) is 7.93. The van der Waals surface area contributed by atoms with Crippen LogP contribution in [0.4, 0.5) is 5.95 Å². The molecule has 0 radical (unpaired) electrons. The third-order valence-corrected chi connectivity index (χ3v) is 3.08. The lowest BCUT2D eigenvalue weighted by Gasteiger charge is -2.24. The summed E-state index contributed by atoms with van der Waals surface area (Å²) < 4.78 is 10.6. The number of hydrogen-bond acceptors (Lipinski definition) is 6. The van der Waals surface area contributed by atoms with Crippen LogP contribution in [0.1, 0.15) is 24.8 Å². The van der Waals surface area contributed by atoms with Crippen molar-refractivity contribution in [3.8, 4) is 0 Å². The summed E-state index contributed by atoms with van der Waals surface area (Å²) in [5.74, 6) is 1.42. The van der Waals surface area contributed by atoms with Gasteiger partial charge in [-0.1, -0.05) is 0 Å². The fourth-order valence-corrected chi connectivity index (χ4v) is 2.16. The van der Waals surface area contributed by atoms with Crippen LogP contribution < -0.4 is 10.2 Å². The van der Waals surface area contributed by atoms with Crippen molar-refractivity contribution in [1.29, 1.82) is 0 Å². The maximum Gasteiger partial charge on any atom is 0.266 e. The molecule has 0 bridgehead atoms. The fourth-order valence-electron chi connectivity index (χ4n) is 2.16. The molecular weight excluding hydrogens is 208 g/mol. The summed E-state index contributed by atoms with van der Waals surface area (Å²) in [5.41, 5.74) is 0. The third-order valence-electron chi connectivity index (χ3n) is 3.08. The molecule has 88 valence electrons. The van der Waals surface area contributed by atoms with E-state index in [4.69, 9.17) is 9.26 Å². The molecule has 0 aliphatic carbocycles. The first-order valence-electron chi connectivity index (χ1n) is 5.83. The minimum Gasteiger partial charge on any atom is -0.378 e. The molecular formula is C10H16N4O2.